The molecule has 0 radical (unpaired) electrons. The monoisotopic (exact) mass is 662 g/mol. The van der Waals surface area contributed by atoms with Gasteiger partial charge in [0.15, 0.2) is 22.4 Å². The number of esters is 1. The number of hydrogen-bond acceptors (Lipinski definition) is 10. The minimum Gasteiger partial charge on any atom is -0.491 e. The molecule has 1 aromatic carbocycles. The Labute approximate surface area is 275 Å². The van der Waals surface area contributed by atoms with E-state index in [1.165, 1.54) is 29.4 Å². The SMILES string of the molecule is COC(=O)c1nc(N(CCCCNC(=O)OC(C)(C)C)C(=O)OC(C)(C)C)sc1CCCOc1ccc(C#CCN(C)C)cc1F. The fourth-order valence-corrected chi connectivity index (χ4v) is 4.88. The van der Waals surface area contributed by atoms with Gasteiger partial charge in [-0.25, -0.2) is 23.8 Å². The highest BCUT2D eigenvalue weighted by Gasteiger charge is 2.28. The summed E-state index contributed by atoms with van der Waals surface area (Å²) in [6.45, 7) is 12.0. The molecule has 0 bridgehead atoms. The first-order valence-electron chi connectivity index (χ1n) is 15.1. The van der Waals surface area contributed by atoms with Crippen molar-refractivity contribution in [3.63, 3.8) is 0 Å². The van der Waals surface area contributed by atoms with Crippen LogP contribution in [0.3, 0.4) is 0 Å². The molecule has 1 aromatic heterocycles. The summed E-state index contributed by atoms with van der Waals surface area (Å²) in [7, 11) is 5.07. The van der Waals surface area contributed by atoms with Gasteiger partial charge in [0, 0.05) is 23.5 Å². The van der Waals surface area contributed by atoms with Crippen LogP contribution >= 0.6 is 11.3 Å². The molecule has 1 heterocycles. The number of benzene rings is 1. The topological polar surface area (TPSA) is 120 Å². The Kier molecular flexibility index (Phi) is 14.7. The minimum atomic E-state index is -0.761. The number of amides is 2. The van der Waals surface area contributed by atoms with Crippen molar-refractivity contribution >= 4 is 34.6 Å². The first-order chi connectivity index (χ1) is 21.5. The molecule has 0 aliphatic carbocycles. The van der Waals surface area contributed by atoms with E-state index < -0.39 is 35.2 Å². The lowest BCUT2D eigenvalue weighted by atomic mass is 10.2. The van der Waals surface area contributed by atoms with Gasteiger partial charge in [0.2, 0.25) is 0 Å². The van der Waals surface area contributed by atoms with Crippen molar-refractivity contribution in [2.75, 3.05) is 52.3 Å². The van der Waals surface area contributed by atoms with E-state index in [2.05, 4.69) is 22.1 Å². The molecule has 46 heavy (non-hydrogen) atoms. The summed E-state index contributed by atoms with van der Waals surface area (Å²) in [5.41, 5.74) is -0.718. The fraction of sp³-hybridized carbons (Fsp3) is 0.576. The van der Waals surface area contributed by atoms with Crippen LogP contribution in [-0.2, 0) is 20.6 Å². The van der Waals surface area contributed by atoms with Crippen molar-refractivity contribution in [2.24, 2.45) is 0 Å². The maximum absolute atomic E-state index is 14.6. The van der Waals surface area contributed by atoms with Gasteiger partial charge in [0.1, 0.15) is 11.2 Å². The van der Waals surface area contributed by atoms with E-state index in [1.807, 2.05) is 19.0 Å². The van der Waals surface area contributed by atoms with E-state index >= 15 is 0 Å². The third-order valence-corrected chi connectivity index (χ3v) is 6.89. The van der Waals surface area contributed by atoms with Gasteiger partial charge in [-0.1, -0.05) is 11.8 Å². The van der Waals surface area contributed by atoms with Crippen LogP contribution in [0.4, 0.5) is 19.1 Å². The second kappa shape index (κ2) is 17.7. The number of hydrogen-bond donors (Lipinski definition) is 1. The Morgan fingerprint density at radius 2 is 1.72 bits per heavy atom. The number of carbonyl (C=O) groups excluding carboxylic acids is 3. The molecule has 0 atom stereocenters. The molecule has 2 amide bonds. The highest BCUT2D eigenvalue weighted by Crippen LogP contribution is 2.30. The summed E-state index contributed by atoms with van der Waals surface area (Å²) in [5.74, 6) is 4.84. The molecule has 0 aliphatic rings. The van der Waals surface area contributed by atoms with E-state index in [4.69, 9.17) is 18.9 Å². The number of rotatable bonds is 13. The zero-order chi connectivity index (χ0) is 34.5. The molecular weight excluding hydrogens is 615 g/mol. The first kappa shape index (κ1) is 38.3. The number of nitrogens with one attached hydrogen (secondary N) is 1. The Morgan fingerprint density at radius 3 is 2.33 bits per heavy atom. The van der Waals surface area contributed by atoms with E-state index in [1.54, 1.807) is 53.7 Å². The van der Waals surface area contributed by atoms with Crippen molar-refractivity contribution in [3.05, 3.63) is 40.2 Å². The number of methoxy groups -OCH3 is 1. The Balaban J connectivity index is 2.10. The van der Waals surface area contributed by atoms with Gasteiger partial charge in [0.25, 0.3) is 0 Å². The number of anilines is 1. The normalized spacial score (nSPS) is 11.4. The van der Waals surface area contributed by atoms with Crippen LogP contribution in [0.1, 0.15) is 81.7 Å². The lowest BCUT2D eigenvalue weighted by molar-refractivity contribution is 0.0521. The van der Waals surface area contributed by atoms with Gasteiger partial charge in [-0.15, -0.1) is 11.3 Å². The van der Waals surface area contributed by atoms with Gasteiger partial charge in [-0.2, -0.15) is 0 Å². The molecule has 2 rings (SSSR count). The van der Waals surface area contributed by atoms with Gasteiger partial charge < -0.3 is 24.3 Å². The summed E-state index contributed by atoms with van der Waals surface area (Å²) >= 11 is 1.18. The Hall–Kier alpha value is -3.89. The molecule has 0 saturated carbocycles. The zero-order valence-electron chi connectivity index (χ0n) is 28.4. The number of halogens is 1. The summed E-state index contributed by atoms with van der Waals surface area (Å²) < 4.78 is 36.1. The molecule has 2 aromatic rings. The number of carbonyl (C=O) groups is 3. The molecule has 0 aliphatic heterocycles. The summed E-state index contributed by atoms with van der Waals surface area (Å²) in [4.78, 5) is 46.1. The summed E-state index contributed by atoms with van der Waals surface area (Å²) in [5, 5.41) is 2.98. The average molecular weight is 663 g/mol. The van der Waals surface area contributed by atoms with Crippen LogP contribution in [0.25, 0.3) is 0 Å². The fourth-order valence-electron chi connectivity index (χ4n) is 3.77. The largest absolute Gasteiger partial charge is 0.491 e. The molecule has 13 heteroatoms. The minimum absolute atomic E-state index is 0.0921. The zero-order valence-corrected chi connectivity index (χ0v) is 29.2. The van der Waals surface area contributed by atoms with E-state index in [9.17, 15) is 18.8 Å². The molecule has 1 N–H and O–H groups in total. The van der Waals surface area contributed by atoms with Crippen molar-refractivity contribution in [2.45, 2.75) is 78.4 Å². The molecule has 0 unspecified atom stereocenters. The molecule has 254 valence electrons. The van der Waals surface area contributed by atoms with Crippen molar-refractivity contribution in [3.8, 4) is 17.6 Å². The third-order valence-electron chi connectivity index (χ3n) is 5.75. The highest BCUT2D eigenvalue weighted by molar-refractivity contribution is 7.16. The molecule has 11 nitrogen and oxygen atoms in total. The number of unbranched alkanes of at least 4 members (excludes halogenated alkanes) is 1. The number of alkyl carbamates (subject to hydrolysis) is 1. The van der Waals surface area contributed by atoms with Crippen molar-refractivity contribution in [1.82, 2.24) is 15.2 Å². The van der Waals surface area contributed by atoms with Crippen molar-refractivity contribution in [1.29, 1.82) is 0 Å². The van der Waals surface area contributed by atoms with E-state index in [0.717, 1.165) is 0 Å². The van der Waals surface area contributed by atoms with E-state index in [-0.39, 0.29) is 29.7 Å². The maximum atomic E-state index is 14.6. The molecule has 0 saturated heterocycles. The summed E-state index contributed by atoms with van der Waals surface area (Å²) in [6, 6.07) is 4.58. The van der Waals surface area contributed by atoms with E-state index in [0.29, 0.717) is 49.2 Å². The van der Waals surface area contributed by atoms with Crippen LogP contribution in [0, 0.1) is 17.7 Å². The Bertz CT molecular complexity index is 1390. The number of thiazole rings is 1. The predicted octanol–water partition coefficient (Wildman–Crippen LogP) is 6.04. The first-order valence-corrected chi connectivity index (χ1v) is 15.9. The molecule has 0 fully saturated rings. The second-order valence-corrected chi connectivity index (χ2v) is 13.7. The predicted molar refractivity (Wildman–Crippen MR) is 176 cm³/mol. The second-order valence-electron chi connectivity index (χ2n) is 12.7. The highest BCUT2D eigenvalue weighted by atomic mass is 32.1. The van der Waals surface area contributed by atoms with Crippen molar-refractivity contribution < 1.29 is 37.7 Å². The molecule has 0 spiro atoms. The Morgan fingerprint density at radius 1 is 1.02 bits per heavy atom. The van der Waals surface area contributed by atoms with Crippen LogP contribution < -0.4 is 15.0 Å². The quantitative estimate of drug-likeness (QED) is 0.119. The number of aryl methyl sites for hydroxylation is 1. The molecular formula is C33H47FN4O7S. The van der Waals surface area contributed by atoms with Gasteiger partial charge in [0.05, 0.1) is 20.3 Å². The van der Waals surface area contributed by atoms with Gasteiger partial charge >= 0.3 is 18.2 Å². The smallest absolute Gasteiger partial charge is 0.416 e. The summed E-state index contributed by atoms with van der Waals surface area (Å²) in [6.07, 6.45) is 0.753. The lowest BCUT2D eigenvalue weighted by Gasteiger charge is -2.26. The number of ether oxygens (including phenoxy) is 4. The van der Waals surface area contributed by atoms with Crippen LogP contribution in [-0.4, -0.2) is 86.7 Å². The number of aromatic nitrogens is 1. The third kappa shape index (κ3) is 14.0. The standard InChI is InChI=1S/C33H47FN4O7S/c1-32(2,3)44-30(40)35-18-10-11-20-38(31(41)45-33(4,5)6)29-36-27(28(39)42-9)26(46-29)15-13-21-43-25-17-16-23(22-24(25)34)14-12-19-37(7)8/h16-17,22H,10-11,13,15,18-21H2,1-9H3,(H,35,40). The average Bonchev–Trinajstić information content (AvgIpc) is 3.35. The van der Waals surface area contributed by atoms with Gasteiger partial charge in [-0.05, 0) is 99.5 Å². The maximum Gasteiger partial charge on any atom is 0.416 e. The number of nitrogens with zero attached hydrogens (tertiary/aromatic N) is 3. The van der Waals surface area contributed by atoms with Gasteiger partial charge in [-0.3, -0.25) is 9.80 Å². The lowest BCUT2D eigenvalue weighted by Crippen LogP contribution is -2.38. The van der Waals surface area contributed by atoms with Crippen LogP contribution in [0.2, 0.25) is 0 Å². The van der Waals surface area contributed by atoms with Crippen LogP contribution in [0.15, 0.2) is 18.2 Å². The van der Waals surface area contributed by atoms with Crippen LogP contribution in [0.5, 0.6) is 5.75 Å².